The zero-order valence-electron chi connectivity index (χ0n) is 33.0. The lowest BCUT2D eigenvalue weighted by molar-refractivity contribution is -0.150. The number of methoxy groups -OCH3 is 1. The van der Waals surface area contributed by atoms with Gasteiger partial charge in [0.2, 0.25) is 5.91 Å². The second kappa shape index (κ2) is 15.3. The molecule has 9 heteroatoms. The average molecular weight is 739 g/mol. The van der Waals surface area contributed by atoms with E-state index < -0.39 is 13.7 Å². The van der Waals surface area contributed by atoms with E-state index >= 15 is 4.79 Å². The summed E-state index contributed by atoms with van der Waals surface area (Å²) in [6, 6.07) is 0.542. The number of carbonyl (C=O) groups is 2. The van der Waals surface area contributed by atoms with Gasteiger partial charge in [-0.15, -0.1) is 0 Å². The quantitative estimate of drug-likeness (QED) is 0.253. The van der Waals surface area contributed by atoms with E-state index in [1.54, 1.807) is 0 Å². The SMILES string of the molecule is COC1CCC([Si](C)(C)[C@H]2[C@H](CCO)O[C@@]3(C(=O)N(CC4CCC(N5C(=O)C6CCCCC6OC6CCCCC65)CC4)C4=C3CCCC4)[C@@H]2C)CC1. The summed E-state index contributed by atoms with van der Waals surface area (Å²) in [5, 5.41) is 10.3. The van der Waals surface area contributed by atoms with Crippen molar-refractivity contribution in [3.8, 4) is 0 Å². The van der Waals surface area contributed by atoms with Crippen LogP contribution in [0, 0.1) is 17.8 Å². The fourth-order valence-corrected chi connectivity index (χ4v) is 18.7. The Morgan fingerprint density at radius 3 is 2.27 bits per heavy atom. The molecule has 8 rings (SSSR count). The molecule has 4 unspecified atom stereocenters. The molecule has 2 amide bonds. The second-order valence-corrected chi connectivity index (χ2v) is 24.3. The largest absolute Gasteiger partial charge is 0.396 e. The summed E-state index contributed by atoms with van der Waals surface area (Å²) < 4.78 is 19.8. The van der Waals surface area contributed by atoms with E-state index in [1.807, 2.05) is 7.11 Å². The Morgan fingerprint density at radius 2 is 1.54 bits per heavy atom. The number of hydrogen-bond acceptors (Lipinski definition) is 6. The van der Waals surface area contributed by atoms with E-state index in [9.17, 15) is 9.90 Å². The first-order valence-corrected chi connectivity index (χ1v) is 25.2. The molecule has 8 aliphatic rings. The molecular formula is C43H70N2O6Si. The van der Waals surface area contributed by atoms with E-state index in [0.29, 0.717) is 41.5 Å². The molecule has 52 heavy (non-hydrogen) atoms. The number of nitrogens with zero attached hydrogens (tertiary/aromatic N) is 2. The first kappa shape index (κ1) is 37.7. The Balaban J connectivity index is 0.994. The minimum atomic E-state index is -1.90. The number of aliphatic hydroxyl groups is 1. The number of fused-ring (bicyclic) bond motifs is 3. The van der Waals surface area contributed by atoms with Gasteiger partial charge in [0.05, 0.1) is 44.4 Å². The Morgan fingerprint density at radius 1 is 0.846 bits per heavy atom. The highest BCUT2D eigenvalue weighted by atomic mass is 28.3. The van der Waals surface area contributed by atoms with Gasteiger partial charge in [0.1, 0.15) is 0 Å². The number of hydrogen-bond donors (Lipinski definition) is 1. The summed E-state index contributed by atoms with van der Waals surface area (Å²) in [7, 11) is -0.0527. The van der Waals surface area contributed by atoms with Crippen molar-refractivity contribution in [3.63, 3.8) is 0 Å². The van der Waals surface area contributed by atoms with Crippen molar-refractivity contribution >= 4 is 19.9 Å². The molecule has 2 saturated heterocycles. The van der Waals surface area contributed by atoms with Gasteiger partial charge in [-0.05, 0) is 119 Å². The Labute approximate surface area is 315 Å². The van der Waals surface area contributed by atoms with Gasteiger partial charge in [0.15, 0.2) is 5.60 Å². The standard InChI is InChI=1S/C43H70N2O6Si/c1-28-40(52(3,4)32-23-21-31(49-2)22-24-32)39(25-26-46)51-43(28)34-12-6-7-13-35(34)44(42(43)48)27-29-17-19-30(20-18-29)45-36-14-8-10-16-38(36)50-37-15-9-5-11-33(37)41(45)47/h28-33,36-40,46H,5-27H2,1-4H3/t28-,29?,30?,31?,32?,33?,36?,37?,38?,39+,40-,43+/m1/s1. The summed E-state index contributed by atoms with van der Waals surface area (Å²) in [6.45, 7) is 8.37. The van der Waals surface area contributed by atoms with Crippen LogP contribution in [0.25, 0.3) is 0 Å². The van der Waals surface area contributed by atoms with Crippen LogP contribution in [0.2, 0.25) is 24.2 Å². The third-order valence-electron chi connectivity index (χ3n) is 16.3. The molecule has 292 valence electrons. The lowest BCUT2D eigenvalue weighted by atomic mass is 9.78. The van der Waals surface area contributed by atoms with Crippen molar-refractivity contribution in [2.75, 3.05) is 20.3 Å². The van der Waals surface area contributed by atoms with Gasteiger partial charge in [0, 0.05) is 37.9 Å². The van der Waals surface area contributed by atoms with Gasteiger partial charge in [-0.1, -0.05) is 58.5 Å². The lowest BCUT2D eigenvalue weighted by Gasteiger charge is -2.45. The molecular weight excluding hydrogens is 669 g/mol. The number of amides is 2. The highest BCUT2D eigenvalue weighted by Crippen LogP contribution is 2.61. The summed E-state index contributed by atoms with van der Waals surface area (Å²) in [5.74, 6) is 1.21. The van der Waals surface area contributed by atoms with Gasteiger partial charge in [-0.3, -0.25) is 9.59 Å². The number of allylic oxidation sites excluding steroid dienone is 1. The third kappa shape index (κ3) is 6.40. The van der Waals surface area contributed by atoms with Crippen LogP contribution in [0.1, 0.15) is 142 Å². The van der Waals surface area contributed by atoms with Gasteiger partial charge in [-0.25, -0.2) is 0 Å². The van der Waals surface area contributed by atoms with E-state index in [0.717, 1.165) is 103 Å². The van der Waals surface area contributed by atoms with Gasteiger partial charge >= 0.3 is 0 Å². The first-order chi connectivity index (χ1) is 25.2. The van der Waals surface area contributed by atoms with E-state index in [4.69, 9.17) is 14.2 Å². The van der Waals surface area contributed by atoms with Crippen molar-refractivity contribution < 1.29 is 28.9 Å². The first-order valence-electron chi connectivity index (χ1n) is 22.0. The monoisotopic (exact) mass is 739 g/mol. The highest BCUT2D eigenvalue weighted by molar-refractivity contribution is 6.80. The van der Waals surface area contributed by atoms with Crippen LogP contribution < -0.4 is 0 Å². The topological polar surface area (TPSA) is 88.5 Å². The van der Waals surface area contributed by atoms with E-state index in [1.165, 1.54) is 43.4 Å². The summed E-state index contributed by atoms with van der Waals surface area (Å²) >= 11 is 0. The third-order valence-corrected chi connectivity index (χ3v) is 21.6. The summed E-state index contributed by atoms with van der Waals surface area (Å²) in [6.07, 6.45) is 23.3. The Bertz CT molecular complexity index is 1340. The summed E-state index contributed by atoms with van der Waals surface area (Å²) in [4.78, 5) is 34.1. The molecule has 3 heterocycles. The van der Waals surface area contributed by atoms with Crippen LogP contribution >= 0.6 is 0 Å². The van der Waals surface area contributed by atoms with Crippen LogP contribution in [-0.4, -0.2) is 97.2 Å². The molecule has 3 aliphatic heterocycles. The van der Waals surface area contributed by atoms with Crippen molar-refractivity contribution in [2.45, 2.75) is 208 Å². The predicted molar refractivity (Wildman–Crippen MR) is 205 cm³/mol. The maximum atomic E-state index is 15.2. The molecule has 0 aromatic heterocycles. The maximum Gasteiger partial charge on any atom is 0.263 e. The second-order valence-electron chi connectivity index (χ2n) is 19.2. The van der Waals surface area contributed by atoms with Crippen molar-refractivity contribution in [1.29, 1.82) is 0 Å². The number of ether oxygens (including phenoxy) is 3. The molecule has 4 saturated carbocycles. The van der Waals surface area contributed by atoms with Crippen LogP contribution in [0.4, 0.5) is 0 Å². The molecule has 1 N–H and O–H groups in total. The van der Waals surface area contributed by atoms with Crippen molar-refractivity contribution in [2.24, 2.45) is 17.8 Å². The maximum absolute atomic E-state index is 15.2. The minimum Gasteiger partial charge on any atom is -0.396 e. The fraction of sp³-hybridized carbons (Fsp3) is 0.907. The molecule has 0 aromatic rings. The van der Waals surface area contributed by atoms with Crippen molar-refractivity contribution in [1.82, 2.24) is 9.80 Å². The van der Waals surface area contributed by atoms with Crippen LogP contribution in [0.3, 0.4) is 0 Å². The molecule has 0 aromatic carbocycles. The molecule has 6 fully saturated rings. The molecule has 0 bridgehead atoms. The molecule has 5 aliphatic carbocycles. The number of rotatable bonds is 8. The minimum absolute atomic E-state index is 0.0486. The van der Waals surface area contributed by atoms with Gasteiger partial charge < -0.3 is 29.1 Å². The Hall–Kier alpha value is -1.26. The zero-order chi connectivity index (χ0) is 36.2. The smallest absolute Gasteiger partial charge is 0.263 e. The molecule has 8 atom stereocenters. The summed E-state index contributed by atoms with van der Waals surface area (Å²) in [5.41, 5.74) is 2.73. The normalized spacial score (nSPS) is 43.1. The predicted octanol–water partition coefficient (Wildman–Crippen LogP) is 8.14. The molecule has 8 nitrogen and oxygen atoms in total. The number of aliphatic hydroxyl groups excluding tert-OH is 1. The Kier molecular flexibility index (Phi) is 11.1. The molecule has 0 radical (unpaired) electrons. The van der Waals surface area contributed by atoms with E-state index in [2.05, 4.69) is 29.8 Å². The fourth-order valence-electron chi connectivity index (χ4n) is 13.6. The highest BCUT2D eigenvalue weighted by Gasteiger charge is 2.67. The van der Waals surface area contributed by atoms with Crippen molar-refractivity contribution in [3.05, 3.63) is 11.3 Å². The van der Waals surface area contributed by atoms with Gasteiger partial charge in [-0.2, -0.15) is 0 Å². The average Bonchev–Trinajstić information content (AvgIpc) is 3.54. The lowest BCUT2D eigenvalue weighted by Crippen LogP contribution is -2.54. The van der Waals surface area contributed by atoms with Gasteiger partial charge in [0.25, 0.3) is 5.91 Å². The van der Waals surface area contributed by atoms with Crippen LogP contribution in [0.15, 0.2) is 11.3 Å². The van der Waals surface area contributed by atoms with E-state index in [-0.39, 0.29) is 48.7 Å². The van der Waals surface area contributed by atoms with Crippen LogP contribution in [-0.2, 0) is 23.8 Å². The zero-order valence-corrected chi connectivity index (χ0v) is 34.0. The van der Waals surface area contributed by atoms with Crippen LogP contribution in [0.5, 0.6) is 0 Å². The molecule has 1 spiro atoms. The number of carbonyl (C=O) groups excluding carboxylic acids is 2.